The first-order valence-corrected chi connectivity index (χ1v) is 6.74. The van der Waals surface area contributed by atoms with E-state index in [1.807, 2.05) is 12.1 Å². The maximum Gasteiger partial charge on any atom is 0.115 e. The third-order valence-electron chi connectivity index (χ3n) is 2.21. The Morgan fingerprint density at radius 3 is 2.07 bits per heavy atom. The normalized spacial score (nSPS) is 11.6. The van der Waals surface area contributed by atoms with Crippen LogP contribution in [0, 0.1) is 5.41 Å². The summed E-state index contributed by atoms with van der Waals surface area (Å²) in [5, 5.41) is 11.1. The van der Waals surface area contributed by atoms with Gasteiger partial charge in [-0.15, -0.1) is 0 Å². The molecule has 0 aliphatic rings. The molecular weight excluding hydrogens is 308 g/mol. The van der Waals surface area contributed by atoms with Gasteiger partial charge in [-0.05, 0) is 29.5 Å². The number of hydrogen-bond donors (Lipinski definition) is 1. The lowest BCUT2D eigenvalue weighted by molar-refractivity contribution is 0.437. The van der Waals surface area contributed by atoms with Gasteiger partial charge in [0.05, 0.1) is 0 Å². The van der Waals surface area contributed by atoms with Crippen LogP contribution >= 0.6 is 31.9 Å². The fourth-order valence-electron chi connectivity index (χ4n) is 1.24. The van der Waals surface area contributed by atoms with Crippen LogP contribution in [-0.4, -0.2) is 15.8 Å². The van der Waals surface area contributed by atoms with E-state index >= 15 is 0 Å². The quantitative estimate of drug-likeness (QED) is 0.838. The van der Waals surface area contributed by atoms with Crippen LogP contribution in [-0.2, 0) is 6.42 Å². The molecule has 0 aliphatic carbocycles. The number of benzene rings is 1. The van der Waals surface area contributed by atoms with Gasteiger partial charge in [0.2, 0.25) is 0 Å². The van der Waals surface area contributed by atoms with Crippen LogP contribution in [0.1, 0.15) is 12.5 Å². The van der Waals surface area contributed by atoms with Gasteiger partial charge in [-0.1, -0.05) is 50.9 Å². The molecular formula is C11H14Br2O. The number of alkyl halides is 2. The van der Waals surface area contributed by atoms with Crippen molar-refractivity contribution >= 4 is 31.9 Å². The number of rotatable bonds is 4. The Bertz CT molecular complexity index is 278. The number of hydrogen-bond acceptors (Lipinski definition) is 1. The topological polar surface area (TPSA) is 20.2 Å². The molecule has 0 saturated heterocycles. The van der Waals surface area contributed by atoms with Gasteiger partial charge >= 0.3 is 0 Å². The minimum atomic E-state index is 0.233. The lowest BCUT2D eigenvalue weighted by atomic mass is 9.88. The summed E-state index contributed by atoms with van der Waals surface area (Å²) in [7, 11) is 0. The molecule has 1 aromatic carbocycles. The number of halogens is 2. The largest absolute Gasteiger partial charge is 0.508 e. The second-order valence-corrected chi connectivity index (χ2v) is 5.04. The molecule has 0 saturated carbocycles. The molecule has 3 heteroatoms. The van der Waals surface area contributed by atoms with E-state index < -0.39 is 0 Å². The molecule has 0 bridgehead atoms. The number of aromatic hydroxyl groups is 1. The highest BCUT2D eigenvalue weighted by atomic mass is 79.9. The van der Waals surface area contributed by atoms with Crippen LogP contribution in [0.3, 0.4) is 0 Å². The molecule has 0 fully saturated rings. The molecule has 78 valence electrons. The number of phenolic OH excluding ortho intramolecular Hbond substituents is 1. The van der Waals surface area contributed by atoms with E-state index in [0.29, 0.717) is 5.75 Å². The Morgan fingerprint density at radius 1 is 1.14 bits per heavy atom. The molecule has 0 aromatic heterocycles. The van der Waals surface area contributed by atoms with E-state index in [0.717, 1.165) is 17.1 Å². The zero-order valence-electron chi connectivity index (χ0n) is 8.13. The van der Waals surface area contributed by atoms with E-state index in [2.05, 4.69) is 38.8 Å². The summed E-state index contributed by atoms with van der Waals surface area (Å²) in [6.45, 7) is 2.23. The van der Waals surface area contributed by atoms with Crippen LogP contribution < -0.4 is 0 Å². The van der Waals surface area contributed by atoms with Gasteiger partial charge in [0, 0.05) is 10.7 Å². The SMILES string of the molecule is CC(CBr)(CBr)Cc1ccc(O)cc1. The molecule has 0 spiro atoms. The molecule has 0 amide bonds. The molecule has 0 heterocycles. The van der Waals surface area contributed by atoms with Crippen molar-refractivity contribution in [2.75, 3.05) is 10.7 Å². The van der Waals surface area contributed by atoms with Crippen molar-refractivity contribution in [3.63, 3.8) is 0 Å². The average Bonchev–Trinajstić information content (AvgIpc) is 2.21. The van der Waals surface area contributed by atoms with E-state index in [4.69, 9.17) is 5.11 Å². The van der Waals surface area contributed by atoms with Gasteiger partial charge in [-0.2, -0.15) is 0 Å². The van der Waals surface area contributed by atoms with Crippen molar-refractivity contribution in [1.82, 2.24) is 0 Å². The molecule has 14 heavy (non-hydrogen) atoms. The van der Waals surface area contributed by atoms with E-state index in [-0.39, 0.29) is 5.41 Å². The third kappa shape index (κ3) is 3.28. The summed E-state index contributed by atoms with van der Waals surface area (Å²) in [5.41, 5.74) is 1.49. The molecule has 1 N–H and O–H groups in total. The predicted molar refractivity (Wildman–Crippen MR) is 67.5 cm³/mol. The summed E-state index contributed by atoms with van der Waals surface area (Å²) in [6.07, 6.45) is 1.00. The van der Waals surface area contributed by atoms with Crippen LogP contribution in [0.4, 0.5) is 0 Å². The monoisotopic (exact) mass is 320 g/mol. The van der Waals surface area contributed by atoms with Gasteiger partial charge < -0.3 is 5.11 Å². The van der Waals surface area contributed by atoms with E-state index in [1.54, 1.807) is 12.1 Å². The van der Waals surface area contributed by atoms with Gasteiger partial charge in [-0.3, -0.25) is 0 Å². The summed E-state index contributed by atoms with van der Waals surface area (Å²) in [4.78, 5) is 0. The van der Waals surface area contributed by atoms with E-state index in [1.165, 1.54) is 5.56 Å². The van der Waals surface area contributed by atoms with Gasteiger partial charge in [0.1, 0.15) is 5.75 Å². The van der Waals surface area contributed by atoms with Crippen LogP contribution in [0.2, 0.25) is 0 Å². The first kappa shape index (κ1) is 12.1. The molecule has 1 aromatic rings. The highest BCUT2D eigenvalue weighted by Crippen LogP contribution is 2.27. The maximum absolute atomic E-state index is 9.15. The minimum absolute atomic E-state index is 0.233. The third-order valence-corrected chi connectivity index (χ3v) is 4.92. The molecule has 0 atom stereocenters. The fraction of sp³-hybridized carbons (Fsp3) is 0.455. The van der Waals surface area contributed by atoms with Crippen LogP contribution in [0.15, 0.2) is 24.3 Å². The highest BCUT2D eigenvalue weighted by Gasteiger charge is 2.21. The summed E-state index contributed by atoms with van der Waals surface area (Å²) in [5.74, 6) is 0.327. The molecule has 0 unspecified atom stereocenters. The molecule has 1 rings (SSSR count). The summed E-state index contributed by atoms with van der Waals surface area (Å²) >= 11 is 7.05. The fourth-order valence-corrected chi connectivity index (χ4v) is 2.56. The van der Waals surface area contributed by atoms with Crippen LogP contribution in [0.25, 0.3) is 0 Å². The molecule has 0 radical (unpaired) electrons. The Balaban J connectivity index is 2.72. The number of phenols is 1. The lowest BCUT2D eigenvalue weighted by Crippen LogP contribution is -2.23. The lowest BCUT2D eigenvalue weighted by Gasteiger charge is -2.24. The van der Waals surface area contributed by atoms with E-state index in [9.17, 15) is 0 Å². The van der Waals surface area contributed by atoms with Crippen molar-refractivity contribution < 1.29 is 5.11 Å². The first-order valence-electron chi connectivity index (χ1n) is 4.49. The zero-order chi connectivity index (χ0) is 10.6. The second kappa shape index (κ2) is 5.17. The Hall–Kier alpha value is -0.0200. The van der Waals surface area contributed by atoms with Crippen molar-refractivity contribution in [3.05, 3.63) is 29.8 Å². The van der Waals surface area contributed by atoms with Crippen molar-refractivity contribution in [2.24, 2.45) is 5.41 Å². The maximum atomic E-state index is 9.15. The Morgan fingerprint density at radius 2 is 1.64 bits per heavy atom. The van der Waals surface area contributed by atoms with Gasteiger partial charge in [0.15, 0.2) is 0 Å². The van der Waals surface area contributed by atoms with Gasteiger partial charge in [0.25, 0.3) is 0 Å². The Labute approximate surface area is 102 Å². The van der Waals surface area contributed by atoms with Crippen molar-refractivity contribution in [3.8, 4) is 5.75 Å². The van der Waals surface area contributed by atoms with Gasteiger partial charge in [-0.25, -0.2) is 0 Å². The summed E-state index contributed by atoms with van der Waals surface area (Å²) in [6, 6.07) is 7.41. The smallest absolute Gasteiger partial charge is 0.115 e. The van der Waals surface area contributed by atoms with Crippen molar-refractivity contribution in [1.29, 1.82) is 0 Å². The second-order valence-electron chi connectivity index (χ2n) is 3.92. The predicted octanol–water partition coefficient (Wildman–Crippen LogP) is 3.73. The molecule has 1 nitrogen and oxygen atoms in total. The average molecular weight is 322 g/mol. The van der Waals surface area contributed by atoms with Crippen LogP contribution in [0.5, 0.6) is 5.75 Å². The molecule has 0 aliphatic heterocycles. The Kier molecular flexibility index (Phi) is 4.45. The van der Waals surface area contributed by atoms with Crippen molar-refractivity contribution in [2.45, 2.75) is 13.3 Å². The minimum Gasteiger partial charge on any atom is -0.508 e. The first-order chi connectivity index (χ1) is 6.59. The standard InChI is InChI=1S/C11H14Br2O/c1-11(7-12,8-13)6-9-2-4-10(14)5-3-9/h2-5,14H,6-8H2,1H3. The highest BCUT2D eigenvalue weighted by molar-refractivity contribution is 9.09. The summed E-state index contributed by atoms with van der Waals surface area (Å²) < 4.78 is 0. The zero-order valence-corrected chi connectivity index (χ0v) is 11.3.